The number of aliphatic hydroxyl groups is 1. The molecule has 0 saturated heterocycles. The van der Waals surface area contributed by atoms with Crippen molar-refractivity contribution in [1.29, 1.82) is 0 Å². The number of H-pyrrole nitrogens is 1. The highest BCUT2D eigenvalue weighted by atomic mass is 16.3. The smallest absolute Gasteiger partial charge is 0.256 e. The van der Waals surface area contributed by atoms with E-state index in [9.17, 15) is 5.11 Å². The standard InChI is InChI=1S/C23H42N2O/c1-3-4-5-6-7-8-9-10-11-12-13-14-15-16-17-18-19-23-24-20-21-25(23)22(2)26/h10-11,20-22,26H,3-9,12-19H2,1-2H3/p+1/b11-10-. The maximum Gasteiger partial charge on any atom is 0.256 e. The van der Waals surface area contributed by atoms with Crippen LogP contribution in [0.2, 0.25) is 0 Å². The van der Waals surface area contributed by atoms with Gasteiger partial charge in [-0.2, -0.15) is 0 Å². The van der Waals surface area contributed by atoms with Gasteiger partial charge in [0.15, 0.2) is 6.23 Å². The third-order valence-electron chi connectivity index (χ3n) is 5.12. The van der Waals surface area contributed by atoms with Gasteiger partial charge in [0.2, 0.25) is 0 Å². The number of unbranched alkanes of at least 4 members (excludes halogenated alkanes) is 12. The Hall–Kier alpha value is -1.09. The summed E-state index contributed by atoms with van der Waals surface area (Å²) < 4.78 is 1.91. The molecule has 3 heteroatoms. The topological polar surface area (TPSA) is 39.9 Å². The van der Waals surface area contributed by atoms with Crippen molar-refractivity contribution in [3.63, 3.8) is 0 Å². The molecule has 1 heterocycles. The average Bonchev–Trinajstić information content (AvgIpc) is 3.10. The molecule has 1 atom stereocenters. The average molecular weight is 364 g/mol. The van der Waals surface area contributed by atoms with Gasteiger partial charge in [-0.15, -0.1) is 0 Å². The minimum Gasteiger partial charge on any atom is -0.355 e. The number of aromatic amines is 1. The Morgan fingerprint density at radius 2 is 1.42 bits per heavy atom. The maximum atomic E-state index is 9.67. The Bertz CT molecular complexity index is 451. The van der Waals surface area contributed by atoms with E-state index in [0.29, 0.717) is 0 Å². The molecule has 1 unspecified atom stereocenters. The largest absolute Gasteiger partial charge is 0.355 e. The fourth-order valence-corrected chi connectivity index (χ4v) is 3.47. The third kappa shape index (κ3) is 11.5. The van der Waals surface area contributed by atoms with Crippen LogP contribution in [0, 0.1) is 0 Å². The summed E-state index contributed by atoms with van der Waals surface area (Å²) in [6, 6.07) is 0. The van der Waals surface area contributed by atoms with Crippen LogP contribution in [-0.2, 0) is 6.42 Å². The van der Waals surface area contributed by atoms with E-state index in [1.807, 2.05) is 17.0 Å². The molecule has 0 saturated carbocycles. The SMILES string of the molecule is CCCCCCCC/C=C\CCCCCCCCc1[nH]cc[n+]1C(C)O. The highest BCUT2D eigenvalue weighted by Gasteiger charge is 2.13. The lowest BCUT2D eigenvalue weighted by molar-refractivity contribution is -0.760. The second-order valence-electron chi connectivity index (χ2n) is 7.63. The zero-order valence-corrected chi connectivity index (χ0v) is 17.4. The van der Waals surface area contributed by atoms with Crippen molar-refractivity contribution in [2.45, 2.75) is 116 Å². The van der Waals surface area contributed by atoms with Gasteiger partial charge in [-0.25, -0.2) is 9.55 Å². The number of imidazole rings is 1. The van der Waals surface area contributed by atoms with Gasteiger partial charge in [-0.3, -0.25) is 0 Å². The van der Waals surface area contributed by atoms with Gasteiger partial charge in [0.1, 0.15) is 12.4 Å². The summed E-state index contributed by atoms with van der Waals surface area (Å²) in [6.45, 7) is 4.08. The number of nitrogens with one attached hydrogen (secondary N) is 1. The van der Waals surface area contributed by atoms with Crippen LogP contribution in [0.5, 0.6) is 0 Å². The first-order chi connectivity index (χ1) is 12.8. The van der Waals surface area contributed by atoms with Crippen molar-refractivity contribution in [1.82, 2.24) is 4.98 Å². The molecule has 1 rings (SSSR count). The van der Waals surface area contributed by atoms with E-state index in [0.717, 1.165) is 12.2 Å². The Balaban J connectivity index is 1.85. The van der Waals surface area contributed by atoms with E-state index in [1.54, 1.807) is 6.92 Å². The van der Waals surface area contributed by atoms with E-state index in [1.165, 1.54) is 89.9 Å². The molecule has 0 aliphatic rings. The van der Waals surface area contributed by atoms with Gasteiger partial charge in [0.05, 0.1) is 0 Å². The van der Waals surface area contributed by atoms with E-state index < -0.39 is 6.23 Å². The fourth-order valence-electron chi connectivity index (χ4n) is 3.47. The second kappa shape index (κ2) is 16.1. The summed E-state index contributed by atoms with van der Waals surface area (Å²) in [4.78, 5) is 3.23. The van der Waals surface area contributed by atoms with Gasteiger partial charge in [0, 0.05) is 13.3 Å². The van der Waals surface area contributed by atoms with E-state index in [-0.39, 0.29) is 0 Å². The molecule has 3 nitrogen and oxygen atoms in total. The highest BCUT2D eigenvalue weighted by Crippen LogP contribution is 2.11. The monoisotopic (exact) mass is 363 g/mol. The molecule has 0 aliphatic heterocycles. The van der Waals surface area contributed by atoms with Gasteiger partial charge in [-0.05, 0) is 32.1 Å². The molecular weight excluding hydrogens is 320 g/mol. The molecular formula is C23H43N2O+. The van der Waals surface area contributed by atoms with Crippen LogP contribution in [0.25, 0.3) is 0 Å². The summed E-state index contributed by atoms with van der Waals surface area (Å²) in [7, 11) is 0. The molecule has 0 aromatic carbocycles. The van der Waals surface area contributed by atoms with Crippen molar-refractivity contribution < 1.29 is 9.67 Å². The molecule has 0 radical (unpaired) electrons. The van der Waals surface area contributed by atoms with Crippen LogP contribution in [0.15, 0.2) is 24.5 Å². The number of hydrogen-bond acceptors (Lipinski definition) is 1. The van der Waals surface area contributed by atoms with Crippen molar-refractivity contribution in [3.05, 3.63) is 30.4 Å². The first-order valence-electron chi connectivity index (χ1n) is 11.2. The fraction of sp³-hybridized carbons (Fsp3) is 0.783. The van der Waals surface area contributed by atoms with Gasteiger partial charge in [-0.1, -0.05) is 76.9 Å². The number of rotatable bonds is 17. The number of allylic oxidation sites excluding steroid dienone is 2. The van der Waals surface area contributed by atoms with Gasteiger partial charge < -0.3 is 5.11 Å². The Morgan fingerprint density at radius 3 is 2.00 bits per heavy atom. The number of hydrogen-bond donors (Lipinski definition) is 2. The lowest BCUT2D eigenvalue weighted by atomic mass is 10.1. The predicted octanol–water partition coefficient (Wildman–Crippen LogP) is 6.39. The quantitative estimate of drug-likeness (QED) is 0.188. The summed E-state index contributed by atoms with van der Waals surface area (Å²) in [5, 5.41) is 9.67. The number of aromatic nitrogens is 2. The first kappa shape index (κ1) is 23.0. The zero-order valence-electron chi connectivity index (χ0n) is 17.4. The van der Waals surface area contributed by atoms with Gasteiger partial charge in [0.25, 0.3) is 5.82 Å². The summed E-state index contributed by atoms with van der Waals surface area (Å²) >= 11 is 0. The minimum absolute atomic E-state index is 0.439. The number of aryl methyl sites for hydroxylation is 1. The van der Waals surface area contributed by atoms with Gasteiger partial charge >= 0.3 is 0 Å². The molecule has 150 valence electrons. The summed E-state index contributed by atoms with van der Waals surface area (Å²) in [5.74, 6) is 1.13. The summed E-state index contributed by atoms with van der Waals surface area (Å²) in [5.41, 5.74) is 0. The van der Waals surface area contributed by atoms with Crippen LogP contribution in [0.1, 0.15) is 116 Å². The van der Waals surface area contributed by atoms with E-state index >= 15 is 0 Å². The van der Waals surface area contributed by atoms with Crippen molar-refractivity contribution in [3.8, 4) is 0 Å². The molecule has 0 aliphatic carbocycles. The van der Waals surface area contributed by atoms with E-state index in [2.05, 4.69) is 24.1 Å². The van der Waals surface area contributed by atoms with Crippen LogP contribution in [-0.4, -0.2) is 10.1 Å². The van der Waals surface area contributed by atoms with Crippen molar-refractivity contribution >= 4 is 0 Å². The lowest BCUT2D eigenvalue weighted by Crippen LogP contribution is -2.39. The lowest BCUT2D eigenvalue weighted by Gasteiger charge is -2.03. The predicted molar refractivity (Wildman–Crippen MR) is 111 cm³/mol. The Kier molecular flexibility index (Phi) is 14.2. The van der Waals surface area contributed by atoms with Crippen molar-refractivity contribution in [2.75, 3.05) is 0 Å². The number of aliphatic hydroxyl groups excluding tert-OH is 1. The highest BCUT2D eigenvalue weighted by molar-refractivity contribution is 4.81. The van der Waals surface area contributed by atoms with Crippen molar-refractivity contribution in [2.24, 2.45) is 0 Å². The van der Waals surface area contributed by atoms with E-state index in [4.69, 9.17) is 0 Å². The molecule has 2 N–H and O–H groups in total. The molecule has 0 amide bonds. The number of nitrogens with zero attached hydrogens (tertiary/aromatic N) is 1. The minimum atomic E-state index is -0.439. The van der Waals surface area contributed by atoms with Crippen LogP contribution in [0.3, 0.4) is 0 Å². The molecule has 0 fully saturated rings. The first-order valence-corrected chi connectivity index (χ1v) is 11.2. The molecule has 1 aromatic heterocycles. The van der Waals surface area contributed by atoms with Crippen LogP contribution in [0.4, 0.5) is 0 Å². The van der Waals surface area contributed by atoms with Crippen LogP contribution >= 0.6 is 0 Å². The third-order valence-corrected chi connectivity index (χ3v) is 5.12. The molecule has 26 heavy (non-hydrogen) atoms. The Labute approximate surface area is 161 Å². The maximum absolute atomic E-state index is 9.67. The van der Waals surface area contributed by atoms with Crippen LogP contribution < -0.4 is 4.57 Å². The summed E-state index contributed by atoms with van der Waals surface area (Å²) in [6.07, 6.45) is 28.0. The normalized spacial score (nSPS) is 12.9. The molecule has 0 bridgehead atoms. The molecule has 1 aromatic rings. The second-order valence-corrected chi connectivity index (χ2v) is 7.63. The Morgan fingerprint density at radius 1 is 0.885 bits per heavy atom. The molecule has 0 spiro atoms. The zero-order chi connectivity index (χ0) is 18.9.